The average molecular weight is 238 g/mol. The number of benzene rings is 2. The summed E-state index contributed by atoms with van der Waals surface area (Å²) < 4.78 is 0. The second kappa shape index (κ2) is 5.39. The molecule has 0 saturated heterocycles. The van der Waals surface area contributed by atoms with E-state index < -0.39 is 0 Å². The Morgan fingerprint density at radius 1 is 0.722 bits per heavy atom. The zero-order chi connectivity index (χ0) is 13.1. The first kappa shape index (κ1) is 12.9. The molecule has 0 nitrogen and oxygen atoms in total. The van der Waals surface area contributed by atoms with Crippen molar-refractivity contribution in [3.05, 3.63) is 59.7 Å². The number of hydrogen-bond acceptors (Lipinski definition) is 0. The number of rotatable bonds is 3. The molecule has 0 amide bonds. The highest BCUT2D eigenvalue weighted by Crippen LogP contribution is 2.31. The van der Waals surface area contributed by atoms with E-state index in [1.807, 2.05) is 0 Å². The van der Waals surface area contributed by atoms with Crippen LogP contribution in [-0.4, -0.2) is 0 Å². The van der Waals surface area contributed by atoms with Gasteiger partial charge in [0.2, 0.25) is 0 Å². The van der Waals surface area contributed by atoms with Gasteiger partial charge in [0.1, 0.15) is 0 Å². The first-order chi connectivity index (χ1) is 8.59. The summed E-state index contributed by atoms with van der Waals surface area (Å²) in [6, 6.07) is 17.6. The molecule has 0 fully saturated rings. The van der Waals surface area contributed by atoms with Crippen LogP contribution in [0, 0.1) is 0 Å². The zero-order valence-corrected chi connectivity index (χ0v) is 11.8. The number of hydrogen-bond donors (Lipinski definition) is 0. The van der Waals surface area contributed by atoms with Gasteiger partial charge in [0, 0.05) is 0 Å². The van der Waals surface area contributed by atoms with E-state index in [1.165, 1.54) is 22.3 Å². The van der Waals surface area contributed by atoms with Gasteiger partial charge in [0.25, 0.3) is 0 Å². The van der Waals surface area contributed by atoms with E-state index in [4.69, 9.17) is 0 Å². The van der Waals surface area contributed by atoms with Gasteiger partial charge in [-0.3, -0.25) is 0 Å². The molecule has 0 N–H and O–H groups in total. The lowest BCUT2D eigenvalue weighted by Crippen LogP contribution is -1.96. The maximum atomic E-state index is 2.37. The van der Waals surface area contributed by atoms with Crippen LogP contribution in [0.3, 0.4) is 0 Å². The van der Waals surface area contributed by atoms with Crippen LogP contribution in [0.4, 0.5) is 0 Å². The summed E-state index contributed by atoms with van der Waals surface area (Å²) in [5.74, 6) is 1.14. The van der Waals surface area contributed by atoms with E-state index in [1.54, 1.807) is 0 Å². The fraction of sp³-hybridized carbons (Fsp3) is 0.333. The van der Waals surface area contributed by atoms with Gasteiger partial charge >= 0.3 is 0 Å². The molecule has 0 aliphatic heterocycles. The Balaban J connectivity index is 2.54. The van der Waals surface area contributed by atoms with Crippen LogP contribution < -0.4 is 0 Å². The van der Waals surface area contributed by atoms with Crippen LogP contribution in [-0.2, 0) is 0 Å². The second-order valence-electron chi connectivity index (χ2n) is 5.52. The Labute approximate surface area is 111 Å². The van der Waals surface area contributed by atoms with Gasteiger partial charge in [-0.2, -0.15) is 0 Å². The highest BCUT2D eigenvalue weighted by Gasteiger charge is 2.10. The van der Waals surface area contributed by atoms with Crippen molar-refractivity contribution in [1.29, 1.82) is 0 Å². The minimum atomic E-state index is 0.555. The molecule has 18 heavy (non-hydrogen) atoms. The van der Waals surface area contributed by atoms with Gasteiger partial charge in [-0.05, 0) is 34.1 Å². The van der Waals surface area contributed by atoms with E-state index in [2.05, 4.69) is 76.2 Å². The molecule has 0 atom stereocenters. The smallest absolute Gasteiger partial charge is 0.0149 e. The average Bonchev–Trinajstić information content (AvgIpc) is 2.39. The normalized spacial score (nSPS) is 11.2. The molecule has 0 bridgehead atoms. The molecular formula is C18H22. The van der Waals surface area contributed by atoms with Crippen LogP contribution in [0.2, 0.25) is 0 Å². The summed E-state index contributed by atoms with van der Waals surface area (Å²) in [7, 11) is 0. The van der Waals surface area contributed by atoms with Gasteiger partial charge in [-0.15, -0.1) is 0 Å². The van der Waals surface area contributed by atoms with E-state index in [0.717, 1.165) is 0 Å². The molecule has 0 heterocycles. The molecule has 0 spiro atoms. The predicted octanol–water partition coefficient (Wildman–Crippen LogP) is 5.60. The van der Waals surface area contributed by atoms with E-state index >= 15 is 0 Å². The van der Waals surface area contributed by atoms with Crippen LogP contribution >= 0.6 is 0 Å². The van der Waals surface area contributed by atoms with E-state index in [0.29, 0.717) is 11.8 Å². The van der Waals surface area contributed by atoms with Gasteiger partial charge in [0.05, 0.1) is 0 Å². The first-order valence-corrected chi connectivity index (χ1v) is 6.79. The summed E-state index contributed by atoms with van der Waals surface area (Å²) in [4.78, 5) is 0. The topological polar surface area (TPSA) is 0 Å². The quantitative estimate of drug-likeness (QED) is 0.653. The molecule has 0 aliphatic carbocycles. The molecule has 2 rings (SSSR count). The minimum absolute atomic E-state index is 0.555. The third-order valence-electron chi connectivity index (χ3n) is 3.45. The lowest BCUT2D eigenvalue weighted by molar-refractivity contribution is 0.835. The molecule has 94 valence electrons. The lowest BCUT2D eigenvalue weighted by atomic mass is 9.88. The van der Waals surface area contributed by atoms with Crippen molar-refractivity contribution in [3.63, 3.8) is 0 Å². The zero-order valence-electron chi connectivity index (χ0n) is 11.8. The van der Waals surface area contributed by atoms with Crippen molar-refractivity contribution in [1.82, 2.24) is 0 Å². The highest BCUT2D eigenvalue weighted by atomic mass is 14.1. The summed E-state index contributed by atoms with van der Waals surface area (Å²) in [6.45, 7) is 9.04. The van der Waals surface area contributed by atoms with Crippen molar-refractivity contribution < 1.29 is 0 Å². The van der Waals surface area contributed by atoms with Crippen LogP contribution in [0.5, 0.6) is 0 Å². The Bertz CT molecular complexity index is 507. The Kier molecular flexibility index (Phi) is 3.86. The molecule has 0 aliphatic rings. The maximum Gasteiger partial charge on any atom is -0.0149 e. The van der Waals surface area contributed by atoms with Gasteiger partial charge in [-0.1, -0.05) is 76.2 Å². The molecule has 0 radical (unpaired) electrons. The minimum Gasteiger partial charge on any atom is -0.0622 e. The molecule has 2 aromatic rings. The highest BCUT2D eigenvalue weighted by molar-refractivity contribution is 5.68. The third-order valence-corrected chi connectivity index (χ3v) is 3.45. The SMILES string of the molecule is CC(C)c1ccc(-c2ccccc2)c(C(C)C)c1. The predicted molar refractivity (Wildman–Crippen MR) is 80.1 cm³/mol. The van der Waals surface area contributed by atoms with Gasteiger partial charge < -0.3 is 0 Å². The molecule has 0 saturated carbocycles. The standard InChI is InChI=1S/C18H22/c1-13(2)16-10-11-17(18(12-16)14(3)4)15-8-6-5-7-9-15/h5-14H,1-4H3. The largest absolute Gasteiger partial charge is 0.0622 e. The van der Waals surface area contributed by atoms with Crippen molar-refractivity contribution in [3.8, 4) is 11.1 Å². The van der Waals surface area contributed by atoms with E-state index in [-0.39, 0.29) is 0 Å². The van der Waals surface area contributed by atoms with Crippen molar-refractivity contribution in [2.45, 2.75) is 39.5 Å². The van der Waals surface area contributed by atoms with Crippen molar-refractivity contribution in [2.75, 3.05) is 0 Å². The van der Waals surface area contributed by atoms with Crippen LogP contribution in [0.15, 0.2) is 48.5 Å². The Hall–Kier alpha value is -1.56. The second-order valence-corrected chi connectivity index (χ2v) is 5.52. The lowest BCUT2D eigenvalue weighted by Gasteiger charge is -2.16. The van der Waals surface area contributed by atoms with E-state index in [9.17, 15) is 0 Å². The van der Waals surface area contributed by atoms with Crippen molar-refractivity contribution in [2.24, 2.45) is 0 Å². The third kappa shape index (κ3) is 2.64. The molecule has 0 heteroatoms. The summed E-state index contributed by atoms with van der Waals surface area (Å²) in [5.41, 5.74) is 5.57. The summed E-state index contributed by atoms with van der Waals surface area (Å²) in [6.07, 6.45) is 0. The van der Waals surface area contributed by atoms with Gasteiger partial charge in [-0.25, -0.2) is 0 Å². The molecule has 0 aromatic heterocycles. The Morgan fingerprint density at radius 2 is 1.39 bits per heavy atom. The Morgan fingerprint density at radius 3 is 1.94 bits per heavy atom. The van der Waals surface area contributed by atoms with Crippen LogP contribution in [0.25, 0.3) is 11.1 Å². The van der Waals surface area contributed by atoms with Gasteiger partial charge in [0.15, 0.2) is 0 Å². The molecule has 0 unspecified atom stereocenters. The van der Waals surface area contributed by atoms with Crippen LogP contribution in [0.1, 0.15) is 50.7 Å². The fourth-order valence-corrected chi connectivity index (χ4v) is 2.30. The summed E-state index contributed by atoms with van der Waals surface area (Å²) >= 11 is 0. The maximum absolute atomic E-state index is 2.37. The fourth-order valence-electron chi connectivity index (χ4n) is 2.30. The summed E-state index contributed by atoms with van der Waals surface area (Å²) in [5, 5.41) is 0. The monoisotopic (exact) mass is 238 g/mol. The first-order valence-electron chi connectivity index (χ1n) is 6.79. The van der Waals surface area contributed by atoms with Crippen molar-refractivity contribution >= 4 is 0 Å². The molecule has 2 aromatic carbocycles. The molecular weight excluding hydrogens is 216 g/mol.